The number of carboxylic acid groups (broad SMARTS) is 1. The van der Waals surface area contributed by atoms with Crippen LogP contribution in [0.15, 0.2) is 0 Å². The van der Waals surface area contributed by atoms with E-state index >= 15 is 0 Å². The minimum Gasteiger partial charge on any atom is -0.481 e. The predicted octanol–water partition coefficient (Wildman–Crippen LogP) is 1.54. The van der Waals surface area contributed by atoms with Crippen LogP contribution < -0.4 is 5.32 Å². The van der Waals surface area contributed by atoms with Gasteiger partial charge in [-0.25, -0.2) is 4.79 Å². The first-order valence-electron chi connectivity index (χ1n) is 6.73. The first-order chi connectivity index (χ1) is 8.49. The third-order valence-electron chi connectivity index (χ3n) is 4.27. The molecule has 5 heteroatoms. The lowest BCUT2D eigenvalue weighted by atomic mass is 10.0. The van der Waals surface area contributed by atoms with Crippen LogP contribution in [0.25, 0.3) is 0 Å². The standard InChI is InChI=1S/C13H22N2O3/c1-8-6-9(8)7-15(2)13(18)14-11-5-3-4-10(11)12(16)17/h8-11H,3-7H2,1-2H3,(H,14,18)(H,16,17). The lowest BCUT2D eigenvalue weighted by Crippen LogP contribution is -2.46. The van der Waals surface area contributed by atoms with Crippen LogP contribution in [0, 0.1) is 17.8 Å². The second-order valence-electron chi connectivity index (χ2n) is 5.79. The van der Waals surface area contributed by atoms with Crippen molar-refractivity contribution in [2.24, 2.45) is 17.8 Å². The van der Waals surface area contributed by atoms with Crippen LogP contribution in [-0.2, 0) is 4.79 Å². The highest BCUT2D eigenvalue weighted by atomic mass is 16.4. The molecule has 2 saturated carbocycles. The molecule has 0 saturated heterocycles. The summed E-state index contributed by atoms with van der Waals surface area (Å²) in [4.78, 5) is 24.7. The van der Waals surface area contributed by atoms with Gasteiger partial charge in [-0.2, -0.15) is 0 Å². The van der Waals surface area contributed by atoms with Crippen LogP contribution in [0.1, 0.15) is 32.6 Å². The Morgan fingerprint density at radius 3 is 2.61 bits per heavy atom. The zero-order valence-corrected chi connectivity index (χ0v) is 11.1. The van der Waals surface area contributed by atoms with E-state index in [2.05, 4.69) is 12.2 Å². The van der Waals surface area contributed by atoms with Crippen LogP contribution >= 0.6 is 0 Å². The monoisotopic (exact) mass is 254 g/mol. The molecule has 0 bridgehead atoms. The quantitative estimate of drug-likeness (QED) is 0.799. The summed E-state index contributed by atoms with van der Waals surface area (Å²) in [6, 6.07) is -0.332. The Labute approximate surface area is 108 Å². The fourth-order valence-corrected chi connectivity index (χ4v) is 2.79. The molecule has 0 aromatic heterocycles. The fourth-order valence-electron chi connectivity index (χ4n) is 2.79. The largest absolute Gasteiger partial charge is 0.481 e. The van der Waals surface area contributed by atoms with Gasteiger partial charge < -0.3 is 15.3 Å². The van der Waals surface area contributed by atoms with E-state index in [4.69, 9.17) is 5.11 Å². The Balaban J connectivity index is 1.80. The summed E-state index contributed by atoms with van der Waals surface area (Å²) < 4.78 is 0. The van der Waals surface area contributed by atoms with E-state index in [-0.39, 0.29) is 12.1 Å². The van der Waals surface area contributed by atoms with Gasteiger partial charge >= 0.3 is 12.0 Å². The molecule has 0 aliphatic heterocycles. The molecule has 0 radical (unpaired) electrons. The number of amides is 2. The molecule has 4 unspecified atom stereocenters. The molecule has 5 nitrogen and oxygen atoms in total. The van der Waals surface area contributed by atoms with Crippen LogP contribution in [-0.4, -0.2) is 41.6 Å². The van der Waals surface area contributed by atoms with Crippen molar-refractivity contribution < 1.29 is 14.7 Å². The van der Waals surface area contributed by atoms with Crippen molar-refractivity contribution in [3.63, 3.8) is 0 Å². The van der Waals surface area contributed by atoms with Crippen LogP contribution in [0.3, 0.4) is 0 Å². The molecular weight excluding hydrogens is 232 g/mol. The number of carboxylic acids is 1. The number of carbonyl (C=O) groups is 2. The minimum atomic E-state index is -0.795. The van der Waals surface area contributed by atoms with Crippen molar-refractivity contribution in [2.75, 3.05) is 13.6 Å². The topological polar surface area (TPSA) is 69.6 Å². The second kappa shape index (κ2) is 5.16. The molecule has 18 heavy (non-hydrogen) atoms. The Kier molecular flexibility index (Phi) is 3.78. The van der Waals surface area contributed by atoms with Crippen LogP contribution in [0.5, 0.6) is 0 Å². The van der Waals surface area contributed by atoms with Gasteiger partial charge in [0.2, 0.25) is 0 Å². The van der Waals surface area contributed by atoms with Gasteiger partial charge in [0.05, 0.1) is 5.92 Å². The minimum absolute atomic E-state index is 0.132. The maximum atomic E-state index is 12.0. The van der Waals surface area contributed by atoms with Gasteiger partial charge in [-0.3, -0.25) is 4.79 Å². The number of hydrogen-bond acceptors (Lipinski definition) is 2. The van der Waals surface area contributed by atoms with Crippen molar-refractivity contribution in [1.82, 2.24) is 10.2 Å². The third-order valence-corrected chi connectivity index (χ3v) is 4.27. The van der Waals surface area contributed by atoms with E-state index in [1.165, 1.54) is 6.42 Å². The zero-order valence-electron chi connectivity index (χ0n) is 11.1. The summed E-state index contributed by atoms with van der Waals surface area (Å²) in [5.41, 5.74) is 0. The Hall–Kier alpha value is -1.26. The molecule has 2 aliphatic carbocycles. The van der Waals surface area contributed by atoms with E-state index in [9.17, 15) is 9.59 Å². The SMILES string of the molecule is CC1CC1CN(C)C(=O)NC1CCCC1C(=O)O. The zero-order chi connectivity index (χ0) is 13.3. The highest BCUT2D eigenvalue weighted by molar-refractivity contribution is 5.77. The Morgan fingerprint density at radius 2 is 2.06 bits per heavy atom. The molecular formula is C13H22N2O3. The summed E-state index contributed by atoms with van der Waals surface area (Å²) in [7, 11) is 1.78. The number of rotatable bonds is 4. The van der Waals surface area contributed by atoms with Gasteiger partial charge in [-0.15, -0.1) is 0 Å². The first-order valence-corrected chi connectivity index (χ1v) is 6.73. The molecule has 2 N–H and O–H groups in total. The Morgan fingerprint density at radius 1 is 1.39 bits per heavy atom. The van der Waals surface area contributed by atoms with Gasteiger partial charge in [0.1, 0.15) is 0 Å². The fraction of sp³-hybridized carbons (Fsp3) is 0.846. The number of nitrogens with one attached hydrogen (secondary N) is 1. The molecule has 4 atom stereocenters. The van der Waals surface area contributed by atoms with E-state index < -0.39 is 11.9 Å². The van der Waals surface area contributed by atoms with Gasteiger partial charge in [-0.05, 0) is 31.1 Å². The lowest BCUT2D eigenvalue weighted by Gasteiger charge is -2.23. The summed E-state index contributed by atoms with van der Waals surface area (Å²) in [5, 5.41) is 11.9. The van der Waals surface area contributed by atoms with Crippen molar-refractivity contribution in [1.29, 1.82) is 0 Å². The van der Waals surface area contributed by atoms with Crippen LogP contribution in [0.2, 0.25) is 0 Å². The number of carbonyl (C=O) groups excluding carboxylic acids is 1. The summed E-state index contributed by atoms with van der Waals surface area (Å²) in [5.74, 6) is 0.136. The maximum Gasteiger partial charge on any atom is 0.317 e. The highest BCUT2D eigenvalue weighted by Gasteiger charge is 2.36. The number of urea groups is 1. The molecule has 0 heterocycles. The normalized spacial score (nSPS) is 34.1. The van der Waals surface area contributed by atoms with Crippen molar-refractivity contribution in [3.8, 4) is 0 Å². The third kappa shape index (κ3) is 2.94. The first kappa shape index (κ1) is 13.2. The van der Waals surface area contributed by atoms with Crippen molar-refractivity contribution >= 4 is 12.0 Å². The van der Waals surface area contributed by atoms with Crippen molar-refractivity contribution in [2.45, 2.75) is 38.6 Å². The van der Waals surface area contributed by atoms with E-state index in [1.807, 2.05) is 0 Å². The molecule has 2 aliphatic rings. The van der Waals surface area contributed by atoms with E-state index in [0.29, 0.717) is 12.3 Å². The number of hydrogen-bond donors (Lipinski definition) is 2. The van der Waals surface area contributed by atoms with Gasteiger partial charge in [0, 0.05) is 19.6 Å². The molecule has 2 rings (SSSR count). The van der Waals surface area contributed by atoms with Crippen LogP contribution in [0.4, 0.5) is 4.79 Å². The molecule has 102 valence electrons. The molecule has 0 aromatic carbocycles. The molecule has 2 fully saturated rings. The average Bonchev–Trinajstić information content (AvgIpc) is 2.79. The molecule has 0 aromatic rings. The Bertz CT molecular complexity index is 345. The lowest BCUT2D eigenvalue weighted by molar-refractivity contribution is -0.142. The average molecular weight is 254 g/mol. The van der Waals surface area contributed by atoms with E-state index in [1.54, 1.807) is 11.9 Å². The maximum absolute atomic E-state index is 12.0. The predicted molar refractivity (Wildman–Crippen MR) is 67.2 cm³/mol. The number of nitrogens with zero attached hydrogens (tertiary/aromatic N) is 1. The molecule has 0 spiro atoms. The summed E-state index contributed by atoms with van der Waals surface area (Å²) in [6.07, 6.45) is 3.52. The smallest absolute Gasteiger partial charge is 0.317 e. The van der Waals surface area contributed by atoms with Gasteiger partial charge in [-0.1, -0.05) is 13.3 Å². The van der Waals surface area contributed by atoms with E-state index in [0.717, 1.165) is 25.3 Å². The number of aliphatic carboxylic acids is 1. The summed E-state index contributed by atoms with van der Waals surface area (Å²) in [6.45, 7) is 2.96. The molecule has 2 amide bonds. The van der Waals surface area contributed by atoms with Crippen molar-refractivity contribution in [3.05, 3.63) is 0 Å². The highest BCUT2D eigenvalue weighted by Crippen LogP contribution is 2.38. The second-order valence-corrected chi connectivity index (χ2v) is 5.79. The van der Waals surface area contributed by atoms with Gasteiger partial charge in [0.15, 0.2) is 0 Å². The van der Waals surface area contributed by atoms with Gasteiger partial charge in [0.25, 0.3) is 0 Å². The summed E-state index contributed by atoms with van der Waals surface area (Å²) >= 11 is 0.